The zero-order valence-corrected chi connectivity index (χ0v) is 9.20. The van der Waals surface area contributed by atoms with E-state index < -0.39 is 5.82 Å². The molecule has 0 saturated heterocycles. The summed E-state index contributed by atoms with van der Waals surface area (Å²) in [7, 11) is 0. The number of hydrogen-bond acceptors (Lipinski definition) is 3. The molecule has 0 unspecified atom stereocenters. The van der Waals surface area contributed by atoms with Gasteiger partial charge in [-0.2, -0.15) is 4.98 Å². The topological polar surface area (TPSA) is 35.0 Å². The Morgan fingerprint density at radius 1 is 1.31 bits per heavy atom. The minimum Gasteiger partial charge on any atom is -0.436 e. The lowest BCUT2D eigenvalue weighted by Crippen LogP contribution is -1.93. The highest BCUT2D eigenvalue weighted by molar-refractivity contribution is 6.28. The Hall–Kier alpha value is -1.68. The van der Waals surface area contributed by atoms with E-state index in [9.17, 15) is 4.39 Å². The molecule has 0 aliphatic heterocycles. The lowest BCUT2D eigenvalue weighted by atomic mass is 10.2. The van der Waals surface area contributed by atoms with E-state index in [2.05, 4.69) is 9.97 Å². The maximum absolute atomic E-state index is 13.6. The molecule has 2 rings (SSSR count). The van der Waals surface area contributed by atoms with Crippen LogP contribution in [0.1, 0.15) is 5.56 Å². The van der Waals surface area contributed by atoms with E-state index in [1.165, 1.54) is 18.3 Å². The van der Waals surface area contributed by atoms with Crippen molar-refractivity contribution in [3.63, 3.8) is 0 Å². The summed E-state index contributed by atoms with van der Waals surface area (Å²) in [6.07, 6.45) is 1.44. The summed E-state index contributed by atoms with van der Waals surface area (Å²) in [5.74, 6) is -0.0727. The van der Waals surface area contributed by atoms with Crippen LogP contribution in [-0.4, -0.2) is 9.97 Å². The van der Waals surface area contributed by atoms with Crippen molar-refractivity contribution in [2.45, 2.75) is 6.92 Å². The molecule has 0 aliphatic carbocycles. The third-order valence-electron chi connectivity index (χ3n) is 1.97. The molecule has 82 valence electrons. The summed E-state index contributed by atoms with van der Waals surface area (Å²) in [5, 5.41) is 0.0607. The minimum atomic E-state index is -0.405. The second kappa shape index (κ2) is 4.45. The van der Waals surface area contributed by atoms with Crippen molar-refractivity contribution in [1.82, 2.24) is 9.97 Å². The maximum Gasteiger partial charge on any atom is 0.225 e. The SMILES string of the molecule is Cc1cccc(Oc2ccnc(Cl)n2)c1F. The summed E-state index contributed by atoms with van der Waals surface area (Å²) in [5.41, 5.74) is 0.512. The van der Waals surface area contributed by atoms with Gasteiger partial charge in [-0.15, -0.1) is 0 Å². The molecule has 0 spiro atoms. The molecule has 0 amide bonds. The first-order valence-corrected chi connectivity index (χ1v) is 4.96. The molecule has 0 aliphatic rings. The van der Waals surface area contributed by atoms with Crippen molar-refractivity contribution in [3.05, 3.63) is 47.1 Å². The van der Waals surface area contributed by atoms with E-state index in [4.69, 9.17) is 16.3 Å². The lowest BCUT2D eigenvalue weighted by molar-refractivity contribution is 0.424. The summed E-state index contributed by atoms with van der Waals surface area (Å²) >= 11 is 5.59. The van der Waals surface area contributed by atoms with Crippen LogP contribution in [0.5, 0.6) is 11.6 Å². The Bertz CT molecular complexity index is 519. The predicted molar refractivity (Wildman–Crippen MR) is 58.3 cm³/mol. The number of hydrogen-bond donors (Lipinski definition) is 0. The zero-order valence-electron chi connectivity index (χ0n) is 8.45. The molecule has 3 nitrogen and oxygen atoms in total. The van der Waals surface area contributed by atoms with Crippen LogP contribution in [0.25, 0.3) is 0 Å². The molecule has 0 N–H and O–H groups in total. The van der Waals surface area contributed by atoms with Gasteiger partial charge in [0.15, 0.2) is 11.6 Å². The molecule has 0 atom stereocenters. The maximum atomic E-state index is 13.6. The number of aryl methyl sites for hydroxylation is 1. The number of rotatable bonds is 2. The van der Waals surface area contributed by atoms with Gasteiger partial charge in [0, 0.05) is 12.3 Å². The van der Waals surface area contributed by atoms with Crippen LogP contribution in [0.2, 0.25) is 5.28 Å². The smallest absolute Gasteiger partial charge is 0.225 e. The van der Waals surface area contributed by atoms with Crippen LogP contribution in [-0.2, 0) is 0 Å². The second-order valence-electron chi connectivity index (χ2n) is 3.15. The summed E-state index contributed by atoms with van der Waals surface area (Å²) in [4.78, 5) is 7.51. The zero-order chi connectivity index (χ0) is 11.5. The highest BCUT2D eigenvalue weighted by atomic mass is 35.5. The average molecular weight is 239 g/mol. The van der Waals surface area contributed by atoms with Gasteiger partial charge in [0.05, 0.1) is 0 Å². The molecule has 5 heteroatoms. The van der Waals surface area contributed by atoms with Crippen molar-refractivity contribution >= 4 is 11.6 Å². The van der Waals surface area contributed by atoms with E-state index in [-0.39, 0.29) is 16.9 Å². The quantitative estimate of drug-likeness (QED) is 0.753. The molecule has 16 heavy (non-hydrogen) atoms. The Morgan fingerprint density at radius 2 is 2.12 bits per heavy atom. The normalized spacial score (nSPS) is 10.2. The van der Waals surface area contributed by atoms with Gasteiger partial charge in [-0.05, 0) is 30.2 Å². The van der Waals surface area contributed by atoms with E-state index in [0.717, 1.165) is 0 Å². The van der Waals surface area contributed by atoms with Crippen LogP contribution in [0, 0.1) is 12.7 Å². The van der Waals surface area contributed by atoms with E-state index in [1.54, 1.807) is 19.1 Å². The van der Waals surface area contributed by atoms with Gasteiger partial charge in [0.2, 0.25) is 11.2 Å². The van der Waals surface area contributed by atoms with Gasteiger partial charge < -0.3 is 4.74 Å². The third-order valence-corrected chi connectivity index (χ3v) is 2.15. The standard InChI is InChI=1S/C11H8ClFN2O/c1-7-3-2-4-8(10(7)13)16-9-5-6-14-11(12)15-9/h2-6H,1H3. The van der Waals surface area contributed by atoms with E-state index in [0.29, 0.717) is 5.56 Å². The Labute approximate surface area is 96.9 Å². The van der Waals surface area contributed by atoms with Gasteiger partial charge in [-0.1, -0.05) is 12.1 Å². The molecule has 1 aromatic heterocycles. The fraction of sp³-hybridized carbons (Fsp3) is 0.0909. The Morgan fingerprint density at radius 3 is 2.88 bits per heavy atom. The largest absolute Gasteiger partial charge is 0.436 e. The fourth-order valence-electron chi connectivity index (χ4n) is 1.19. The lowest BCUT2D eigenvalue weighted by Gasteiger charge is -2.06. The molecule has 2 aromatic rings. The van der Waals surface area contributed by atoms with E-state index in [1.807, 2.05) is 0 Å². The molecule has 0 fully saturated rings. The number of ether oxygens (including phenoxy) is 1. The molecular formula is C11H8ClFN2O. The molecule has 0 radical (unpaired) electrons. The number of nitrogens with zero attached hydrogens (tertiary/aromatic N) is 2. The molecular weight excluding hydrogens is 231 g/mol. The molecule has 0 saturated carbocycles. The first-order valence-electron chi connectivity index (χ1n) is 4.58. The van der Waals surface area contributed by atoms with Crippen molar-refractivity contribution in [2.75, 3.05) is 0 Å². The first-order chi connectivity index (χ1) is 7.66. The highest BCUT2D eigenvalue weighted by Gasteiger charge is 2.07. The second-order valence-corrected chi connectivity index (χ2v) is 3.49. The van der Waals surface area contributed by atoms with Crippen LogP contribution < -0.4 is 4.74 Å². The van der Waals surface area contributed by atoms with Gasteiger partial charge >= 0.3 is 0 Å². The monoisotopic (exact) mass is 238 g/mol. The summed E-state index contributed by atoms with van der Waals surface area (Å²) in [6.45, 7) is 1.66. The number of aromatic nitrogens is 2. The molecule has 1 heterocycles. The van der Waals surface area contributed by atoms with Gasteiger partial charge in [-0.3, -0.25) is 0 Å². The van der Waals surface area contributed by atoms with Crippen LogP contribution >= 0.6 is 11.6 Å². The molecule has 0 bridgehead atoms. The number of halogens is 2. The van der Waals surface area contributed by atoms with Gasteiger partial charge in [0.25, 0.3) is 0 Å². The van der Waals surface area contributed by atoms with Gasteiger partial charge in [0.1, 0.15) is 0 Å². The van der Waals surface area contributed by atoms with Crippen molar-refractivity contribution < 1.29 is 9.13 Å². The van der Waals surface area contributed by atoms with Gasteiger partial charge in [-0.25, -0.2) is 9.37 Å². The highest BCUT2D eigenvalue weighted by Crippen LogP contribution is 2.24. The number of benzene rings is 1. The average Bonchev–Trinajstić information content (AvgIpc) is 2.25. The summed E-state index contributed by atoms with van der Waals surface area (Å²) in [6, 6.07) is 6.40. The molecule has 1 aromatic carbocycles. The minimum absolute atomic E-state index is 0.0607. The Kier molecular flexibility index (Phi) is 3.01. The van der Waals surface area contributed by atoms with Crippen molar-refractivity contribution in [1.29, 1.82) is 0 Å². The predicted octanol–water partition coefficient (Wildman–Crippen LogP) is 3.37. The van der Waals surface area contributed by atoms with Crippen molar-refractivity contribution in [3.8, 4) is 11.6 Å². The van der Waals surface area contributed by atoms with Crippen LogP contribution in [0.3, 0.4) is 0 Å². The third kappa shape index (κ3) is 2.28. The summed E-state index contributed by atoms with van der Waals surface area (Å²) < 4.78 is 18.8. The van der Waals surface area contributed by atoms with E-state index >= 15 is 0 Å². The van der Waals surface area contributed by atoms with Crippen LogP contribution in [0.15, 0.2) is 30.5 Å². The first kappa shape index (κ1) is 10.8. The Balaban J connectivity index is 2.31. The van der Waals surface area contributed by atoms with Crippen molar-refractivity contribution in [2.24, 2.45) is 0 Å². The van der Waals surface area contributed by atoms with Crippen LogP contribution in [0.4, 0.5) is 4.39 Å². The fourth-order valence-corrected chi connectivity index (χ4v) is 1.33.